The second-order valence-corrected chi connectivity index (χ2v) is 8.10. The lowest BCUT2D eigenvalue weighted by molar-refractivity contribution is -0.126. The molecule has 0 spiro atoms. The molecule has 0 fully saturated rings. The van der Waals surface area contributed by atoms with Crippen LogP contribution in [0.1, 0.15) is 27.9 Å². The molecule has 2 N–H and O–H groups in total. The van der Waals surface area contributed by atoms with Gasteiger partial charge in [-0.15, -0.1) is 0 Å². The Balaban J connectivity index is 1.72. The number of anilines is 1. The zero-order valence-electron chi connectivity index (χ0n) is 20.9. The van der Waals surface area contributed by atoms with Gasteiger partial charge < -0.3 is 28.9 Å². The highest BCUT2D eigenvalue weighted by molar-refractivity contribution is 6.04. The van der Waals surface area contributed by atoms with E-state index in [1.807, 2.05) is 6.07 Å². The van der Waals surface area contributed by atoms with Gasteiger partial charge in [0, 0.05) is 18.2 Å². The summed E-state index contributed by atoms with van der Waals surface area (Å²) < 4.78 is 21.3. The topological polar surface area (TPSA) is 123 Å². The Morgan fingerprint density at radius 1 is 0.842 bits per heavy atom. The van der Waals surface area contributed by atoms with Crippen LogP contribution in [0.15, 0.2) is 94.2 Å². The first-order valence-corrected chi connectivity index (χ1v) is 11.7. The molecule has 2 aromatic heterocycles. The number of amides is 3. The molecule has 2 aromatic carbocycles. The van der Waals surface area contributed by atoms with Gasteiger partial charge in [-0.2, -0.15) is 0 Å². The maximum absolute atomic E-state index is 13.8. The molecule has 0 saturated carbocycles. The summed E-state index contributed by atoms with van der Waals surface area (Å²) in [4.78, 5) is 41.2. The molecular weight excluding hydrogens is 490 g/mol. The first-order valence-electron chi connectivity index (χ1n) is 11.7. The van der Waals surface area contributed by atoms with Crippen LogP contribution in [-0.4, -0.2) is 38.5 Å². The third-order valence-electron chi connectivity index (χ3n) is 5.67. The molecule has 0 bridgehead atoms. The molecule has 3 amide bonds. The van der Waals surface area contributed by atoms with Crippen LogP contribution < -0.4 is 25.0 Å². The molecule has 4 aromatic rings. The number of carbonyl (C=O) groups is 3. The lowest BCUT2D eigenvalue weighted by atomic mass is 10.0. The second-order valence-electron chi connectivity index (χ2n) is 8.10. The molecule has 10 nitrogen and oxygen atoms in total. The fraction of sp³-hybridized carbons (Fsp3) is 0.179. The average Bonchev–Trinajstić information content (AvgIpc) is 3.68. The van der Waals surface area contributed by atoms with E-state index < -0.39 is 30.3 Å². The molecule has 2 heterocycles. The van der Waals surface area contributed by atoms with Crippen LogP contribution in [0, 0.1) is 0 Å². The summed E-state index contributed by atoms with van der Waals surface area (Å²) in [6.45, 7) is -0.290. The lowest BCUT2D eigenvalue weighted by Gasteiger charge is -2.32. The molecule has 1 atom stereocenters. The van der Waals surface area contributed by atoms with Gasteiger partial charge in [0.15, 0.2) is 5.76 Å². The second kappa shape index (κ2) is 12.3. The fourth-order valence-corrected chi connectivity index (χ4v) is 3.84. The third kappa shape index (κ3) is 6.22. The number of ether oxygens (including phenoxy) is 2. The minimum absolute atomic E-state index is 0.0585. The summed E-state index contributed by atoms with van der Waals surface area (Å²) in [5.41, 5.74) is 0.886. The molecule has 0 aliphatic heterocycles. The van der Waals surface area contributed by atoms with Crippen LogP contribution in [0.4, 0.5) is 5.69 Å². The van der Waals surface area contributed by atoms with Crippen LogP contribution in [0.5, 0.6) is 11.5 Å². The summed E-state index contributed by atoms with van der Waals surface area (Å²) in [7, 11) is 2.97. The Hall–Kier alpha value is -4.99. The zero-order chi connectivity index (χ0) is 26.9. The third-order valence-corrected chi connectivity index (χ3v) is 5.67. The Kier molecular flexibility index (Phi) is 8.45. The van der Waals surface area contributed by atoms with Crippen molar-refractivity contribution >= 4 is 23.4 Å². The number of carbonyl (C=O) groups excluding carboxylic acids is 3. The van der Waals surface area contributed by atoms with Crippen LogP contribution in [0.2, 0.25) is 0 Å². The van der Waals surface area contributed by atoms with E-state index in [4.69, 9.17) is 18.3 Å². The molecule has 196 valence electrons. The van der Waals surface area contributed by atoms with Crippen molar-refractivity contribution in [2.24, 2.45) is 0 Å². The number of benzene rings is 2. The molecule has 0 aliphatic carbocycles. The summed E-state index contributed by atoms with van der Waals surface area (Å²) in [6.07, 6.45) is 2.87. The van der Waals surface area contributed by atoms with Gasteiger partial charge in [0.1, 0.15) is 23.3 Å². The summed E-state index contributed by atoms with van der Waals surface area (Å²) in [6, 6.07) is 19.1. The van der Waals surface area contributed by atoms with Gasteiger partial charge in [-0.25, -0.2) is 0 Å². The van der Waals surface area contributed by atoms with Gasteiger partial charge in [-0.1, -0.05) is 30.3 Å². The van der Waals surface area contributed by atoms with Crippen molar-refractivity contribution < 1.29 is 32.7 Å². The van der Waals surface area contributed by atoms with Crippen molar-refractivity contribution in [3.05, 3.63) is 102 Å². The monoisotopic (exact) mass is 517 g/mol. The highest BCUT2D eigenvalue weighted by Crippen LogP contribution is 2.34. The van der Waals surface area contributed by atoms with Crippen molar-refractivity contribution in [1.82, 2.24) is 10.6 Å². The fourth-order valence-electron chi connectivity index (χ4n) is 3.84. The molecule has 0 radical (unpaired) electrons. The number of methoxy groups -OCH3 is 2. The minimum atomic E-state index is -1.10. The van der Waals surface area contributed by atoms with E-state index in [1.54, 1.807) is 60.7 Å². The smallest absolute Gasteiger partial charge is 0.287 e. The summed E-state index contributed by atoms with van der Waals surface area (Å²) >= 11 is 0. The molecule has 4 rings (SSSR count). The summed E-state index contributed by atoms with van der Waals surface area (Å²) in [5, 5.41) is 5.40. The van der Waals surface area contributed by atoms with E-state index in [0.717, 1.165) is 0 Å². The Bertz CT molecular complexity index is 1330. The molecule has 0 saturated heterocycles. The average molecular weight is 518 g/mol. The van der Waals surface area contributed by atoms with Crippen molar-refractivity contribution in [2.45, 2.75) is 12.6 Å². The maximum Gasteiger partial charge on any atom is 0.287 e. The van der Waals surface area contributed by atoms with Gasteiger partial charge >= 0.3 is 0 Å². The van der Waals surface area contributed by atoms with Crippen molar-refractivity contribution in [3.8, 4) is 11.5 Å². The highest BCUT2D eigenvalue weighted by Gasteiger charge is 2.33. The van der Waals surface area contributed by atoms with Crippen LogP contribution in [0.3, 0.4) is 0 Å². The van der Waals surface area contributed by atoms with Gasteiger partial charge in [-0.3, -0.25) is 19.3 Å². The minimum Gasteiger partial charge on any atom is -0.497 e. The number of hydrogen-bond acceptors (Lipinski definition) is 7. The normalized spacial score (nSPS) is 11.3. The van der Waals surface area contributed by atoms with E-state index in [1.165, 1.54) is 37.7 Å². The number of nitrogens with one attached hydrogen (secondary N) is 2. The van der Waals surface area contributed by atoms with E-state index in [-0.39, 0.29) is 12.3 Å². The van der Waals surface area contributed by atoms with Crippen molar-refractivity contribution in [3.63, 3.8) is 0 Å². The molecule has 10 heteroatoms. The van der Waals surface area contributed by atoms with E-state index >= 15 is 0 Å². The predicted molar refractivity (Wildman–Crippen MR) is 138 cm³/mol. The predicted octanol–water partition coefficient (Wildman–Crippen LogP) is 3.71. The van der Waals surface area contributed by atoms with Gasteiger partial charge in [0.05, 0.1) is 45.5 Å². The van der Waals surface area contributed by atoms with E-state index in [2.05, 4.69) is 10.6 Å². The maximum atomic E-state index is 13.8. The van der Waals surface area contributed by atoms with Crippen molar-refractivity contribution in [2.75, 3.05) is 25.7 Å². The lowest BCUT2D eigenvalue weighted by Crippen LogP contribution is -2.47. The number of rotatable bonds is 11. The van der Waals surface area contributed by atoms with Crippen molar-refractivity contribution in [1.29, 1.82) is 0 Å². The Labute approximate surface area is 219 Å². The Morgan fingerprint density at radius 2 is 1.53 bits per heavy atom. The number of hydrogen-bond donors (Lipinski definition) is 2. The first kappa shape index (κ1) is 26.1. The van der Waals surface area contributed by atoms with Crippen LogP contribution >= 0.6 is 0 Å². The van der Waals surface area contributed by atoms with Gasteiger partial charge in [0.2, 0.25) is 11.8 Å². The quantitative estimate of drug-likeness (QED) is 0.311. The van der Waals surface area contributed by atoms with E-state index in [9.17, 15) is 14.4 Å². The van der Waals surface area contributed by atoms with Crippen LogP contribution in [0.25, 0.3) is 0 Å². The molecule has 0 unspecified atom stereocenters. The molecule has 38 heavy (non-hydrogen) atoms. The largest absolute Gasteiger partial charge is 0.497 e. The van der Waals surface area contributed by atoms with Gasteiger partial charge in [-0.05, 0) is 29.8 Å². The number of furan rings is 2. The summed E-state index contributed by atoms with van der Waals surface area (Å²) in [5.74, 6) is -0.133. The van der Waals surface area contributed by atoms with E-state index in [0.29, 0.717) is 28.5 Å². The SMILES string of the molecule is COc1cc(OC)cc(N(C(=O)CNC(=O)c2ccco2)[C@H](C(=O)NCc2ccco2)c2ccccc2)c1. The molecule has 0 aliphatic rings. The molecular formula is C28H27N3O7. The Morgan fingerprint density at radius 3 is 2.13 bits per heavy atom. The van der Waals surface area contributed by atoms with Gasteiger partial charge in [0.25, 0.3) is 5.91 Å². The zero-order valence-corrected chi connectivity index (χ0v) is 20.9. The van der Waals surface area contributed by atoms with Crippen LogP contribution in [-0.2, 0) is 16.1 Å². The first-order chi connectivity index (χ1) is 18.5. The standard InChI is InChI=1S/C28H27N3O7/c1-35-22-14-20(15-23(16-22)36-2)31(25(32)18-30-27(33)24-11-7-13-38-24)26(19-8-4-3-5-9-19)28(34)29-17-21-10-6-12-37-21/h3-16,26H,17-18H2,1-2H3,(H,29,34)(H,30,33)/t26-/m0/s1. The number of nitrogens with zero attached hydrogens (tertiary/aromatic N) is 1. The highest BCUT2D eigenvalue weighted by atomic mass is 16.5.